The number of nitrogens with zero attached hydrogens (tertiary/aromatic N) is 2. The number of nitrogens with one attached hydrogen (secondary N) is 1. The molecule has 160 valence electrons. The Morgan fingerprint density at radius 3 is 2.65 bits per heavy atom. The molecule has 0 saturated carbocycles. The van der Waals surface area contributed by atoms with Crippen molar-refractivity contribution in [3.63, 3.8) is 0 Å². The molecule has 1 fully saturated rings. The molecule has 0 spiro atoms. The van der Waals surface area contributed by atoms with Gasteiger partial charge in [0, 0.05) is 42.0 Å². The van der Waals surface area contributed by atoms with E-state index in [1.54, 1.807) is 12.1 Å². The molecular weight excluding hydrogens is 438 g/mol. The number of non-ortho nitro benzene ring substituents is 1. The van der Waals surface area contributed by atoms with Gasteiger partial charge in [-0.2, -0.15) is 0 Å². The monoisotopic (exact) mass is 457 g/mol. The lowest BCUT2D eigenvalue weighted by molar-refractivity contribution is -0.384. The number of carboxylic acids is 1. The number of carbonyl (C=O) groups excluding carboxylic acids is 1. The fraction of sp³-hybridized carbons (Fsp3) is 0.190. The van der Waals surface area contributed by atoms with Crippen molar-refractivity contribution in [2.45, 2.75) is 19.8 Å². The Bertz CT molecular complexity index is 1080. The molecule has 3 rings (SSSR count). The smallest absolute Gasteiger partial charge is 0.303 e. The Kier molecular flexibility index (Phi) is 7.03. The average Bonchev–Trinajstić information content (AvgIpc) is 2.98. The third kappa shape index (κ3) is 5.68. The first kappa shape index (κ1) is 22.4. The van der Waals surface area contributed by atoms with Crippen LogP contribution in [0.4, 0.5) is 17.1 Å². The molecule has 1 amide bonds. The maximum absolute atomic E-state index is 12.8. The molecule has 2 aromatic rings. The molecule has 0 aliphatic carbocycles. The van der Waals surface area contributed by atoms with E-state index in [0.29, 0.717) is 20.5 Å². The molecule has 0 aromatic heterocycles. The molecule has 0 radical (unpaired) electrons. The van der Waals surface area contributed by atoms with E-state index in [1.807, 2.05) is 31.2 Å². The summed E-state index contributed by atoms with van der Waals surface area (Å²) in [6, 6.07) is 12.0. The van der Waals surface area contributed by atoms with Crippen LogP contribution < -0.4 is 5.32 Å². The number of anilines is 2. The number of carbonyl (C=O) groups is 2. The van der Waals surface area contributed by atoms with E-state index >= 15 is 0 Å². The number of thiocarbonyl (C=S) groups is 1. The molecule has 1 aliphatic rings. The zero-order valence-electron chi connectivity index (χ0n) is 16.5. The average molecular weight is 458 g/mol. The normalized spacial score (nSPS) is 14.9. The predicted octanol–water partition coefficient (Wildman–Crippen LogP) is 4.71. The minimum atomic E-state index is -0.940. The molecule has 1 saturated heterocycles. The third-order valence-electron chi connectivity index (χ3n) is 4.51. The van der Waals surface area contributed by atoms with Gasteiger partial charge in [0.25, 0.3) is 11.6 Å². The van der Waals surface area contributed by atoms with Crippen LogP contribution in [0.15, 0.2) is 47.4 Å². The van der Waals surface area contributed by atoms with Gasteiger partial charge in [-0.25, -0.2) is 0 Å². The van der Waals surface area contributed by atoms with Crippen LogP contribution in [0.2, 0.25) is 0 Å². The molecule has 1 heterocycles. The van der Waals surface area contributed by atoms with Crippen LogP contribution in [0.25, 0.3) is 6.08 Å². The van der Waals surface area contributed by atoms with E-state index in [0.717, 1.165) is 23.0 Å². The van der Waals surface area contributed by atoms with Gasteiger partial charge in [0.1, 0.15) is 4.32 Å². The van der Waals surface area contributed by atoms with Crippen LogP contribution in [-0.4, -0.2) is 37.7 Å². The molecular formula is C21H19N3O5S2. The fourth-order valence-corrected chi connectivity index (χ4v) is 4.21. The lowest BCUT2D eigenvalue weighted by atomic mass is 10.1. The molecule has 0 bridgehead atoms. The van der Waals surface area contributed by atoms with Crippen molar-refractivity contribution in [1.29, 1.82) is 0 Å². The van der Waals surface area contributed by atoms with E-state index in [4.69, 9.17) is 17.3 Å². The molecule has 1 aliphatic heterocycles. The molecule has 0 atom stereocenters. The lowest BCUT2D eigenvalue weighted by Gasteiger charge is -2.13. The second kappa shape index (κ2) is 9.71. The second-order valence-electron chi connectivity index (χ2n) is 6.85. The van der Waals surface area contributed by atoms with Crippen molar-refractivity contribution < 1.29 is 19.6 Å². The van der Waals surface area contributed by atoms with Crippen LogP contribution >= 0.6 is 24.0 Å². The summed E-state index contributed by atoms with van der Waals surface area (Å²) in [5, 5.41) is 23.3. The van der Waals surface area contributed by atoms with E-state index in [9.17, 15) is 19.7 Å². The number of hydrogen-bond donors (Lipinski definition) is 2. The van der Waals surface area contributed by atoms with Crippen molar-refractivity contribution in [2.75, 3.05) is 11.9 Å². The van der Waals surface area contributed by atoms with Crippen LogP contribution in [0.1, 0.15) is 24.0 Å². The van der Waals surface area contributed by atoms with Crippen LogP contribution in [-0.2, 0) is 9.59 Å². The molecule has 0 unspecified atom stereocenters. The molecule has 2 N–H and O–H groups in total. The maximum Gasteiger partial charge on any atom is 0.303 e. The molecule has 31 heavy (non-hydrogen) atoms. The van der Waals surface area contributed by atoms with Gasteiger partial charge >= 0.3 is 5.97 Å². The number of amides is 1. The highest BCUT2D eigenvalue weighted by molar-refractivity contribution is 8.26. The van der Waals surface area contributed by atoms with Gasteiger partial charge in [-0.3, -0.25) is 24.6 Å². The lowest BCUT2D eigenvalue weighted by Crippen LogP contribution is -2.29. The van der Waals surface area contributed by atoms with Crippen LogP contribution in [0.3, 0.4) is 0 Å². The minimum absolute atomic E-state index is 0.0639. The van der Waals surface area contributed by atoms with Gasteiger partial charge in [0.15, 0.2) is 0 Å². The summed E-state index contributed by atoms with van der Waals surface area (Å²) in [4.78, 5) is 35.9. The zero-order chi connectivity index (χ0) is 22.5. The quantitative estimate of drug-likeness (QED) is 0.254. The number of carboxylic acid groups (broad SMARTS) is 1. The number of benzene rings is 2. The Morgan fingerprint density at radius 1 is 1.29 bits per heavy atom. The molecule has 8 nitrogen and oxygen atoms in total. The summed E-state index contributed by atoms with van der Waals surface area (Å²) in [6.07, 6.45) is 1.79. The summed E-state index contributed by atoms with van der Waals surface area (Å²) < 4.78 is 0.333. The maximum atomic E-state index is 12.8. The first-order valence-corrected chi connectivity index (χ1v) is 10.6. The number of hydrogen-bond acceptors (Lipinski definition) is 7. The highest BCUT2D eigenvalue weighted by Gasteiger charge is 2.32. The largest absolute Gasteiger partial charge is 0.481 e. The number of aliphatic carboxylic acids is 1. The van der Waals surface area contributed by atoms with Crippen molar-refractivity contribution in [2.24, 2.45) is 0 Å². The Hall–Kier alpha value is -3.24. The fourth-order valence-electron chi connectivity index (χ4n) is 2.91. The third-order valence-corrected chi connectivity index (χ3v) is 5.89. The molecule has 2 aromatic carbocycles. The molecule has 10 heteroatoms. The summed E-state index contributed by atoms with van der Waals surface area (Å²) in [7, 11) is 0. The van der Waals surface area contributed by atoms with Gasteiger partial charge in [-0.1, -0.05) is 41.7 Å². The number of thioether (sulfide) groups is 1. The van der Waals surface area contributed by atoms with Gasteiger partial charge in [0.05, 0.1) is 9.83 Å². The second-order valence-corrected chi connectivity index (χ2v) is 8.53. The minimum Gasteiger partial charge on any atom is -0.481 e. The zero-order valence-corrected chi connectivity index (χ0v) is 18.2. The Labute approximate surface area is 188 Å². The van der Waals surface area contributed by atoms with Crippen molar-refractivity contribution in [3.8, 4) is 0 Å². The first-order chi connectivity index (χ1) is 14.7. The van der Waals surface area contributed by atoms with Gasteiger partial charge < -0.3 is 10.4 Å². The van der Waals surface area contributed by atoms with Crippen molar-refractivity contribution in [3.05, 3.63) is 68.6 Å². The number of nitro groups is 1. The Balaban J connectivity index is 1.90. The number of rotatable bonds is 8. The number of aryl methyl sites for hydroxylation is 1. The van der Waals surface area contributed by atoms with E-state index in [2.05, 4.69) is 5.32 Å². The standard InChI is InChI=1S/C21H19N3O5S2/c1-13-4-6-15(7-5-13)22-17-9-8-16(24(28)29)11-14(17)12-18-20(27)23(21(30)31-18)10-2-3-19(25)26/h4-9,11-12,22H,2-3,10H2,1H3,(H,25,26)/b18-12-. The summed E-state index contributed by atoms with van der Waals surface area (Å²) >= 11 is 6.35. The van der Waals surface area contributed by atoms with Crippen molar-refractivity contribution in [1.82, 2.24) is 4.90 Å². The van der Waals surface area contributed by atoms with Gasteiger partial charge in [-0.05, 0) is 37.6 Å². The van der Waals surface area contributed by atoms with E-state index in [1.165, 1.54) is 17.0 Å². The van der Waals surface area contributed by atoms with E-state index in [-0.39, 0.29) is 31.0 Å². The number of nitro benzene ring substituents is 1. The summed E-state index contributed by atoms with van der Waals surface area (Å²) in [5.74, 6) is -1.28. The summed E-state index contributed by atoms with van der Waals surface area (Å²) in [6.45, 7) is 2.18. The van der Waals surface area contributed by atoms with Crippen molar-refractivity contribution >= 4 is 63.3 Å². The SMILES string of the molecule is Cc1ccc(Nc2ccc([N+](=O)[O-])cc2/C=C2\SC(=S)N(CCCC(=O)O)C2=O)cc1. The highest BCUT2D eigenvalue weighted by Crippen LogP contribution is 2.35. The summed E-state index contributed by atoms with van der Waals surface area (Å²) in [5.41, 5.74) is 2.88. The highest BCUT2D eigenvalue weighted by atomic mass is 32.2. The predicted molar refractivity (Wildman–Crippen MR) is 124 cm³/mol. The van der Waals surface area contributed by atoms with Crippen LogP contribution in [0.5, 0.6) is 0 Å². The Morgan fingerprint density at radius 2 is 2.00 bits per heavy atom. The van der Waals surface area contributed by atoms with Gasteiger partial charge in [0.2, 0.25) is 0 Å². The topological polar surface area (TPSA) is 113 Å². The van der Waals surface area contributed by atoms with Gasteiger partial charge in [-0.15, -0.1) is 0 Å². The van der Waals surface area contributed by atoms with Crippen LogP contribution in [0, 0.1) is 17.0 Å². The first-order valence-electron chi connectivity index (χ1n) is 9.34. The van der Waals surface area contributed by atoms with E-state index < -0.39 is 10.9 Å².